The quantitative estimate of drug-likeness (QED) is 0.835. The molecule has 2 aromatic rings. The highest BCUT2D eigenvalue weighted by atomic mass is 32.1. The van der Waals surface area contributed by atoms with Gasteiger partial charge in [-0.25, -0.2) is 4.98 Å². The van der Waals surface area contributed by atoms with Crippen molar-refractivity contribution >= 4 is 16.5 Å². The van der Waals surface area contributed by atoms with E-state index in [2.05, 4.69) is 71.1 Å². The second-order valence-corrected chi connectivity index (χ2v) is 7.75. The van der Waals surface area contributed by atoms with Crippen LogP contribution >= 0.6 is 11.3 Å². The number of anilines is 1. The maximum atomic E-state index is 4.72. The van der Waals surface area contributed by atoms with Crippen molar-refractivity contribution in [2.45, 2.75) is 53.0 Å². The molecule has 0 saturated heterocycles. The first-order chi connectivity index (χ1) is 9.27. The summed E-state index contributed by atoms with van der Waals surface area (Å²) in [6.45, 7) is 13.1. The second-order valence-electron chi connectivity index (χ2n) is 6.55. The maximum Gasteiger partial charge on any atom is 0.183 e. The number of aromatic nitrogens is 1. The van der Waals surface area contributed by atoms with Gasteiger partial charge in [0.05, 0.1) is 5.69 Å². The van der Waals surface area contributed by atoms with E-state index >= 15 is 0 Å². The minimum atomic E-state index is 0.194. The number of hydrogen-bond donors (Lipinski definition) is 1. The lowest BCUT2D eigenvalue weighted by molar-refractivity contribution is 0.590. The van der Waals surface area contributed by atoms with Crippen LogP contribution in [0.3, 0.4) is 0 Å². The fourth-order valence-electron chi connectivity index (χ4n) is 2.10. The summed E-state index contributed by atoms with van der Waals surface area (Å²) in [7, 11) is 0. The number of nitrogens with one attached hydrogen (secondary N) is 1. The minimum absolute atomic E-state index is 0.194. The molecule has 0 unspecified atom stereocenters. The highest BCUT2D eigenvalue weighted by Crippen LogP contribution is 2.32. The summed E-state index contributed by atoms with van der Waals surface area (Å²) in [5, 5.41) is 4.39. The smallest absolute Gasteiger partial charge is 0.183 e. The van der Waals surface area contributed by atoms with E-state index < -0.39 is 0 Å². The van der Waals surface area contributed by atoms with Gasteiger partial charge in [-0.05, 0) is 31.7 Å². The van der Waals surface area contributed by atoms with E-state index in [-0.39, 0.29) is 5.41 Å². The van der Waals surface area contributed by atoms with Gasteiger partial charge in [-0.1, -0.05) is 45.0 Å². The van der Waals surface area contributed by atoms with E-state index in [9.17, 15) is 0 Å². The van der Waals surface area contributed by atoms with Gasteiger partial charge in [0.1, 0.15) is 0 Å². The SMILES string of the molecule is Cc1sc(NC(C)C)nc1-c1ccc(C(C)(C)C)cc1. The van der Waals surface area contributed by atoms with Crippen LogP contribution in [0.1, 0.15) is 45.1 Å². The number of hydrogen-bond acceptors (Lipinski definition) is 3. The molecule has 0 spiro atoms. The molecule has 0 aliphatic heterocycles. The zero-order valence-corrected chi connectivity index (χ0v) is 14.1. The van der Waals surface area contributed by atoms with Gasteiger partial charge in [0.15, 0.2) is 5.13 Å². The van der Waals surface area contributed by atoms with Gasteiger partial charge in [0, 0.05) is 16.5 Å². The van der Waals surface area contributed by atoms with Crippen LogP contribution in [0.2, 0.25) is 0 Å². The largest absolute Gasteiger partial charge is 0.359 e. The number of thiazole rings is 1. The number of aryl methyl sites for hydroxylation is 1. The Morgan fingerprint density at radius 2 is 1.70 bits per heavy atom. The summed E-state index contributed by atoms with van der Waals surface area (Å²) in [4.78, 5) is 5.98. The molecule has 108 valence electrons. The van der Waals surface area contributed by atoms with Crippen molar-refractivity contribution in [1.82, 2.24) is 4.98 Å². The molecule has 1 aromatic heterocycles. The third-order valence-corrected chi connectivity index (χ3v) is 4.14. The first kappa shape index (κ1) is 15.0. The van der Waals surface area contributed by atoms with E-state index in [1.165, 1.54) is 16.0 Å². The van der Waals surface area contributed by atoms with Crippen molar-refractivity contribution in [3.8, 4) is 11.3 Å². The van der Waals surface area contributed by atoms with Crippen molar-refractivity contribution < 1.29 is 0 Å². The summed E-state index contributed by atoms with van der Waals surface area (Å²) >= 11 is 1.73. The van der Waals surface area contributed by atoms with Crippen LogP contribution in [0.4, 0.5) is 5.13 Å². The van der Waals surface area contributed by atoms with Crippen LogP contribution in [-0.4, -0.2) is 11.0 Å². The third kappa shape index (κ3) is 3.40. The van der Waals surface area contributed by atoms with Gasteiger partial charge in [0.25, 0.3) is 0 Å². The van der Waals surface area contributed by atoms with Crippen LogP contribution in [-0.2, 0) is 5.41 Å². The summed E-state index contributed by atoms with van der Waals surface area (Å²) < 4.78 is 0. The normalized spacial score (nSPS) is 11.9. The van der Waals surface area contributed by atoms with Crippen molar-refractivity contribution in [2.75, 3.05) is 5.32 Å². The molecule has 0 fully saturated rings. The van der Waals surface area contributed by atoms with Crippen molar-refractivity contribution in [3.05, 3.63) is 34.7 Å². The lowest BCUT2D eigenvalue weighted by Gasteiger charge is -2.19. The standard InChI is InChI=1S/C17H24N2S/c1-11(2)18-16-19-15(12(3)20-16)13-7-9-14(10-8-13)17(4,5)6/h7-11H,1-6H3,(H,18,19). The Bertz CT molecular complexity index is 574. The Balaban J connectivity index is 2.30. The average Bonchev–Trinajstić information content (AvgIpc) is 2.68. The van der Waals surface area contributed by atoms with Crippen LogP contribution < -0.4 is 5.32 Å². The monoisotopic (exact) mass is 288 g/mol. The number of nitrogens with zero attached hydrogens (tertiary/aromatic N) is 1. The van der Waals surface area contributed by atoms with E-state index in [1.807, 2.05) is 0 Å². The first-order valence-electron chi connectivity index (χ1n) is 7.12. The highest BCUT2D eigenvalue weighted by Gasteiger charge is 2.15. The molecule has 0 aliphatic rings. The Morgan fingerprint density at radius 1 is 1.10 bits per heavy atom. The molecule has 3 heteroatoms. The van der Waals surface area contributed by atoms with Gasteiger partial charge in [-0.3, -0.25) is 0 Å². The third-order valence-electron chi connectivity index (χ3n) is 3.23. The lowest BCUT2D eigenvalue weighted by Crippen LogP contribution is -2.10. The van der Waals surface area contributed by atoms with Gasteiger partial charge >= 0.3 is 0 Å². The zero-order valence-electron chi connectivity index (χ0n) is 13.2. The van der Waals surface area contributed by atoms with Gasteiger partial charge in [0.2, 0.25) is 0 Å². The summed E-state index contributed by atoms with van der Waals surface area (Å²) in [5.41, 5.74) is 3.84. The molecule has 1 heterocycles. The van der Waals surface area contributed by atoms with Crippen molar-refractivity contribution in [3.63, 3.8) is 0 Å². The molecule has 2 rings (SSSR count). The predicted octanol–water partition coefficient (Wildman–Crippen LogP) is 5.24. The molecule has 0 radical (unpaired) electrons. The molecule has 0 amide bonds. The Morgan fingerprint density at radius 3 is 2.20 bits per heavy atom. The van der Waals surface area contributed by atoms with Crippen LogP contribution in [0.25, 0.3) is 11.3 Å². The minimum Gasteiger partial charge on any atom is -0.359 e. The summed E-state index contributed by atoms with van der Waals surface area (Å²) in [6, 6.07) is 9.20. The van der Waals surface area contributed by atoms with Gasteiger partial charge in [-0.15, -0.1) is 11.3 Å². The molecule has 2 nitrogen and oxygen atoms in total. The first-order valence-corrected chi connectivity index (χ1v) is 7.94. The lowest BCUT2D eigenvalue weighted by atomic mass is 9.86. The molecule has 1 N–H and O–H groups in total. The maximum absolute atomic E-state index is 4.72. The fraction of sp³-hybridized carbons (Fsp3) is 0.471. The molecule has 0 bridgehead atoms. The summed E-state index contributed by atoms with van der Waals surface area (Å²) in [6.07, 6.45) is 0. The molecule has 20 heavy (non-hydrogen) atoms. The van der Waals surface area contributed by atoms with Gasteiger partial charge in [-0.2, -0.15) is 0 Å². The Kier molecular flexibility index (Phi) is 4.19. The van der Waals surface area contributed by atoms with Crippen molar-refractivity contribution in [1.29, 1.82) is 0 Å². The Hall–Kier alpha value is -1.35. The average molecular weight is 288 g/mol. The molecule has 1 aromatic carbocycles. The number of rotatable bonds is 3. The molecular formula is C17H24N2S. The predicted molar refractivity (Wildman–Crippen MR) is 89.7 cm³/mol. The van der Waals surface area contributed by atoms with E-state index in [0.29, 0.717) is 6.04 Å². The van der Waals surface area contributed by atoms with Crippen molar-refractivity contribution in [2.24, 2.45) is 0 Å². The van der Waals surface area contributed by atoms with E-state index in [0.717, 1.165) is 10.8 Å². The van der Waals surface area contributed by atoms with Crippen LogP contribution in [0.15, 0.2) is 24.3 Å². The molecule has 0 saturated carbocycles. The molecule has 0 aliphatic carbocycles. The summed E-state index contributed by atoms with van der Waals surface area (Å²) in [5.74, 6) is 0. The van der Waals surface area contributed by atoms with E-state index in [4.69, 9.17) is 4.98 Å². The fourth-order valence-corrected chi connectivity index (χ4v) is 3.08. The van der Waals surface area contributed by atoms with Gasteiger partial charge < -0.3 is 5.32 Å². The van der Waals surface area contributed by atoms with E-state index in [1.54, 1.807) is 11.3 Å². The van der Waals surface area contributed by atoms with Crippen LogP contribution in [0, 0.1) is 6.92 Å². The molecular weight excluding hydrogens is 264 g/mol. The number of benzene rings is 1. The Labute approximate surface area is 126 Å². The highest BCUT2D eigenvalue weighted by molar-refractivity contribution is 7.16. The van der Waals surface area contributed by atoms with Crippen LogP contribution in [0.5, 0.6) is 0 Å². The topological polar surface area (TPSA) is 24.9 Å². The molecule has 0 atom stereocenters. The second kappa shape index (κ2) is 5.57. The zero-order chi connectivity index (χ0) is 14.9.